The van der Waals surface area contributed by atoms with Crippen LogP contribution in [0.3, 0.4) is 0 Å². The lowest BCUT2D eigenvalue weighted by atomic mass is 10.1. The molecule has 35 heavy (non-hydrogen) atoms. The molecule has 1 aliphatic heterocycles. The highest BCUT2D eigenvalue weighted by Crippen LogP contribution is 2.45. The smallest absolute Gasteiger partial charge is 0.344 e. The van der Waals surface area contributed by atoms with Crippen molar-refractivity contribution in [3.05, 3.63) is 52.1 Å². The van der Waals surface area contributed by atoms with Gasteiger partial charge in [0.1, 0.15) is 33.6 Å². The van der Waals surface area contributed by atoms with Gasteiger partial charge < -0.3 is 33.5 Å². The molecule has 2 aromatic rings. The second-order valence-electron chi connectivity index (χ2n) is 6.93. The van der Waals surface area contributed by atoms with E-state index in [4.69, 9.17) is 28.4 Å². The number of aliphatic hydroxyl groups is 1. The minimum absolute atomic E-state index is 0.0413. The number of esters is 1. The minimum Gasteiger partial charge on any atom is -0.506 e. The molecule has 0 aliphatic carbocycles. The minimum atomic E-state index is -0.689. The molecular formula is C25H27NO8S. The van der Waals surface area contributed by atoms with Crippen molar-refractivity contribution in [2.75, 3.05) is 42.2 Å². The summed E-state index contributed by atoms with van der Waals surface area (Å²) in [5, 5.41) is 11.3. The van der Waals surface area contributed by atoms with Gasteiger partial charge in [0, 0.05) is 11.6 Å². The van der Waals surface area contributed by atoms with Crippen molar-refractivity contribution in [2.45, 2.75) is 6.92 Å². The number of carbonyl (C=O) groups is 1. The van der Waals surface area contributed by atoms with Crippen LogP contribution in [0.15, 0.2) is 51.6 Å². The first kappa shape index (κ1) is 25.8. The summed E-state index contributed by atoms with van der Waals surface area (Å²) in [4.78, 5) is 17.7. The highest BCUT2D eigenvalue weighted by molar-refractivity contribution is 8.18. The van der Waals surface area contributed by atoms with Crippen molar-refractivity contribution in [3.8, 4) is 28.7 Å². The molecule has 2 aromatic carbocycles. The molecular weight excluding hydrogens is 474 g/mol. The predicted octanol–water partition coefficient (Wildman–Crippen LogP) is 4.92. The lowest BCUT2D eigenvalue weighted by Gasteiger charge is -2.14. The largest absolute Gasteiger partial charge is 0.506 e. The van der Waals surface area contributed by atoms with E-state index in [9.17, 15) is 9.90 Å². The van der Waals surface area contributed by atoms with Gasteiger partial charge in [-0.2, -0.15) is 0 Å². The van der Waals surface area contributed by atoms with Crippen molar-refractivity contribution >= 4 is 34.5 Å². The van der Waals surface area contributed by atoms with E-state index in [0.29, 0.717) is 44.9 Å². The summed E-state index contributed by atoms with van der Waals surface area (Å²) in [6.45, 7) is 1.83. The van der Waals surface area contributed by atoms with Crippen LogP contribution in [0.25, 0.3) is 6.08 Å². The number of hydrogen-bond donors (Lipinski definition) is 1. The third-order valence-electron chi connectivity index (χ3n) is 5.00. The summed E-state index contributed by atoms with van der Waals surface area (Å²) < 4.78 is 32.1. The van der Waals surface area contributed by atoms with Crippen LogP contribution in [0.1, 0.15) is 12.5 Å². The van der Waals surface area contributed by atoms with Crippen molar-refractivity contribution < 1.29 is 38.3 Å². The van der Waals surface area contributed by atoms with Crippen LogP contribution in [0, 0.1) is 0 Å². The molecule has 0 spiro atoms. The average Bonchev–Trinajstić information content (AvgIpc) is 3.18. The van der Waals surface area contributed by atoms with Crippen LogP contribution in [-0.2, 0) is 9.53 Å². The maximum absolute atomic E-state index is 12.7. The summed E-state index contributed by atoms with van der Waals surface area (Å²) in [6.07, 6.45) is 1.67. The Morgan fingerprint density at radius 3 is 2.26 bits per heavy atom. The average molecular weight is 502 g/mol. The molecule has 1 aliphatic rings. The molecule has 0 saturated heterocycles. The third-order valence-corrected chi connectivity index (χ3v) is 6.02. The van der Waals surface area contributed by atoms with Crippen molar-refractivity contribution in [3.63, 3.8) is 0 Å². The second kappa shape index (κ2) is 11.6. The van der Waals surface area contributed by atoms with Crippen molar-refractivity contribution in [1.82, 2.24) is 0 Å². The van der Waals surface area contributed by atoms with Crippen LogP contribution in [0.5, 0.6) is 28.7 Å². The van der Waals surface area contributed by atoms with Gasteiger partial charge in [-0.25, -0.2) is 9.79 Å². The molecule has 3 rings (SSSR count). The quantitative estimate of drug-likeness (QED) is 0.479. The number of aliphatic imine (C=N–C) groups is 1. The van der Waals surface area contributed by atoms with E-state index in [0.717, 1.165) is 11.8 Å². The zero-order valence-electron chi connectivity index (χ0n) is 20.3. The van der Waals surface area contributed by atoms with E-state index >= 15 is 0 Å². The van der Waals surface area contributed by atoms with E-state index in [1.165, 1.54) is 28.4 Å². The lowest BCUT2D eigenvalue weighted by Crippen LogP contribution is -2.12. The monoisotopic (exact) mass is 501 g/mol. The molecule has 0 radical (unpaired) electrons. The summed E-state index contributed by atoms with van der Waals surface area (Å²) in [7, 11) is 7.59. The fourth-order valence-corrected chi connectivity index (χ4v) is 4.38. The Labute approximate surface area is 208 Å². The summed E-state index contributed by atoms with van der Waals surface area (Å²) in [5.41, 5.74) is 1.02. The Kier molecular flexibility index (Phi) is 8.53. The van der Waals surface area contributed by atoms with Crippen molar-refractivity contribution in [2.24, 2.45) is 4.99 Å². The molecule has 0 unspecified atom stereocenters. The molecule has 9 nitrogen and oxygen atoms in total. The molecule has 0 atom stereocenters. The first-order valence-electron chi connectivity index (χ1n) is 10.5. The Bertz CT molecular complexity index is 1200. The number of methoxy groups -OCH3 is 5. The Morgan fingerprint density at radius 2 is 1.66 bits per heavy atom. The summed E-state index contributed by atoms with van der Waals surface area (Å²) >= 11 is 1.11. The normalized spacial score (nSPS) is 15.4. The lowest BCUT2D eigenvalue weighted by molar-refractivity contribution is -0.138. The van der Waals surface area contributed by atoms with Gasteiger partial charge in [-0.05, 0) is 37.3 Å². The first-order chi connectivity index (χ1) is 16.9. The third kappa shape index (κ3) is 5.32. The van der Waals surface area contributed by atoms with E-state index in [-0.39, 0.29) is 23.0 Å². The van der Waals surface area contributed by atoms with Crippen LogP contribution in [-0.4, -0.2) is 58.3 Å². The zero-order chi connectivity index (χ0) is 25.5. The van der Waals surface area contributed by atoms with Gasteiger partial charge in [0.2, 0.25) is 5.75 Å². The van der Waals surface area contributed by atoms with Gasteiger partial charge in [-0.3, -0.25) is 0 Å². The van der Waals surface area contributed by atoms with Gasteiger partial charge in [0.05, 0.1) is 47.1 Å². The van der Waals surface area contributed by atoms with Gasteiger partial charge in [-0.1, -0.05) is 11.8 Å². The van der Waals surface area contributed by atoms with Gasteiger partial charge in [-0.15, -0.1) is 0 Å². The number of aliphatic hydroxyl groups excluding tert-OH is 1. The maximum Gasteiger partial charge on any atom is 0.344 e. The number of thioether (sulfide) groups is 1. The predicted molar refractivity (Wildman–Crippen MR) is 135 cm³/mol. The van der Waals surface area contributed by atoms with Gasteiger partial charge >= 0.3 is 5.97 Å². The molecule has 0 amide bonds. The van der Waals surface area contributed by atoms with Crippen LogP contribution in [0.4, 0.5) is 5.69 Å². The summed E-state index contributed by atoms with van der Waals surface area (Å²) in [6, 6.07) is 8.58. The number of nitrogens with zero attached hydrogens (tertiary/aromatic N) is 1. The molecule has 0 aromatic heterocycles. The number of carbonyl (C=O) groups excluding carboxylic acids is 1. The molecule has 0 saturated carbocycles. The molecule has 10 heteroatoms. The SMILES string of the molecule is CCOC(=O)C1=C(O)/C(=C\c2ccc(OC)c(OC)c2OC)SC1=Nc1ccc(OC)cc1OC. The van der Waals surface area contributed by atoms with E-state index in [2.05, 4.69) is 4.99 Å². The van der Waals surface area contributed by atoms with E-state index < -0.39 is 5.97 Å². The van der Waals surface area contributed by atoms with E-state index in [1.54, 1.807) is 50.4 Å². The number of rotatable bonds is 9. The maximum atomic E-state index is 12.7. The van der Waals surface area contributed by atoms with Crippen LogP contribution < -0.4 is 23.7 Å². The molecule has 1 heterocycles. The van der Waals surface area contributed by atoms with Crippen molar-refractivity contribution in [1.29, 1.82) is 0 Å². The highest BCUT2D eigenvalue weighted by Gasteiger charge is 2.34. The second-order valence-corrected chi connectivity index (χ2v) is 7.96. The van der Waals surface area contributed by atoms with Gasteiger partial charge in [0.15, 0.2) is 11.5 Å². The highest BCUT2D eigenvalue weighted by atomic mass is 32.2. The van der Waals surface area contributed by atoms with Crippen LogP contribution >= 0.6 is 11.8 Å². The zero-order valence-corrected chi connectivity index (χ0v) is 21.1. The van der Waals surface area contributed by atoms with Crippen LogP contribution in [0.2, 0.25) is 0 Å². The molecule has 186 valence electrons. The Morgan fingerprint density at radius 1 is 0.943 bits per heavy atom. The molecule has 1 N–H and O–H groups in total. The number of hydrogen-bond acceptors (Lipinski definition) is 10. The van der Waals surface area contributed by atoms with E-state index in [1.807, 2.05) is 0 Å². The standard InChI is InChI=1S/C25H27NO8S/c1-7-34-25(28)20-21(27)19(12-14-8-11-17(30-3)23(33-6)22(14)32-5)35-24(20)26-16-10-9-15(29-2)13-18(16)31-4/h8-13,27H,7H2,1-6H3/b19-12+,26-24?. The van der Waals surface area contributed by atoms with Gasteiger partial charge in [0.25, 0.3) is 0 Å². The Balaban J connectivity index is 2.14. The summed E-state index contributed by atoms with van der Waals surface area (Å²) in [5.74, 6) is 1.40. The molecule has 0 fully saturated rings. The number of benzene rings is 2. The topological polar surface area (TPSA) is 105 Å². The fourth-order valence-electron chi connectivity index (χ4n) is 3.36. The Hall–Kier alpha value is -3.79. The molecule has 0 bridgehead atoms. The number of ether oxygens (including phenoxy) is 6. The first-order valence-corrected chi connectivity index (χ1v) is 11.3. The fraction of sp³-hybridized carbons (Fsp3) is 0.280.